The standard InChI is InChI=1S/C19H21ClN2O4/c1-26-17-6-5-15(20)12-16(17)21-10-8-18(23)22-9-7-13-3-2-4-14(11-13)19(24)25/h2-6,11-12,21H,7-10H2,1H3,(H,22,23)(H,24,25). The van der Waals surface area contributed by atoms with Crippen LogP contribution in [0.4, 0.5) is 5.69 Å². The maximum absolute atomic E-state index is 11.9. The Labute approximate surface area is 157 Å². The van der Waals surface area contributed by atoms with Gasteiger partial charge in [-0.3, -0.25) is 4.79 Å². The minimum atomic E-state index is -0.960. The molecule has 2 aromatic carbocycles. The number of nitrogens with one attached hydrogen (secondary N) is 2. The second kappa shape index (κ2) is 9.68. The third kappa shape index (κ3) is 5.97. The Morgan fingerprint density at radius 3 is 2.69 bits per heavy atom. The maximum Gasteiger partial charge on any atom is 0.335 e. The van der Waals surface area contributed by atoms with Gasteiger partial charge in [-0.05, 0) is 42.3 Å². The monoisotopic (exact) mass is 376 g/mol. The summed E-state index contributed by atoms with van der Waals surface area (Å²) >= 11 is 5.96. The smallest absolute Gasteiger partial charge is 0.335 e. The first-order chi connectivity index (χ1) is 12.5. The summed E-state index contributed by atoms with van der Waals surface area (Å²) in [7, 11) is 1.57. The quantitative estimate of drug-likeness (QED) is 0.625. The molecule has 0 aliphatic rings. The van der Waals surface area contributed by atoms with Gasteiger partial charge in [0.2, 0.25) is 5.91 Å². The Balaban J connectivity index is 1.73. The van der Waals surface area contributed by atoms with E-state index in [1.807, 2.05) is 6.07 Å². The van der Waals surface area contributed by atoms with Crippen LogP contribution in [0.1, 0.15) is 22.3 Å². The number of hydrogen-bond acceptors (Lipinski definition) is 4. The van der Waals surface area contributed by atoms with Crippen molar-refractivity contribution < 1.29 is 19.4 Å². The number of hydrogen-bond donors (Lipinski definition) is 3. The van der Waals surface area contributed by atoms with E-state index in [0.29, 0.717) is 36.7 Å². The normalized spacial score (nSPS) is 10.2. The molecule has 0 aliphatic heterocycles. The van der Waals surface area contributed by atoms with Gasteiger partial charge < -0.3 is 20.5 Å². The summed E-state index contributed by atoms with van der Waals surface area (Å²) in [6, 6.07) is 11.9. The molecular weight excluding hydrogens is 356 g/mol. The number of carbonyl (C=O) groups excluding carboxylic acids is 1. The summed E-state index contributed by atoms with van der Waals surface area (Å²) in [4.78, 5) is 22.9. The van der Waals surface area contributed by atoms with Gasteiger partial charge in [0.05, 0.1) is 18.4 Å². The summed E-state index contributed by atoms with van der Waals surface area (Å²) < 4.78 is 5.23. The van der Waals surface area contributed by atoms with Gasteiger partial charge in [0.1, 0.15) is 5.75 Å². The first-order valence-corrected chi connectivity index (χ1v) is 8.53. The van der Waals surface area contributed by atoms with Crippen LogP contribution in [0.5, 0.6) is 5.75 Å². The molecular formula is C19H21ClN2O4. The van der Waals surface area contributed by atoms with Gasteiger partial charge in [-0.15, -0.1) is 0 Å². The number of rotatable bonds is 9. The highest BCUT2D eigenvalue weighted by molar-refractivity contribution is 6.30. The number of carbonyl (C=O) groups is 2. The molecule has 1 amide bonds. The molecule has 0 spiro atoms. The molecule has 0 aliphatic carbocycles. The minimum Gasteiger partial charge on any atom is -0.495 e. The summed E-state index contributed by atoms with van der Waals surface area (Å²) in [5, 5.41) is 15.5. The van der Waals surface area contributed by atoms with Gasteiger partial charge in [0.15, 0.2) is 0 Å². The zero-order valence-corrected chi connectivity index (χ0v) is 15.2. The van der Waals surface area contributed by atoms with E-state index in [1.54, 1.807) is 43.5 Å². The van der Waals surface area contributed by atoms with E-state index < -0.39 is 5.97 Å². The van der Waals surface area contributed by atoms with Crippen LogP contribution in [0.3, 0.4) is 0 Å². The van der Waals surface area contributed by atoms with Crippen molar-refractivity contribution in [2.45, 2.75) is 12.8 Å². The van der Waals surface area contributed by atoms with Gasteiger partial charge in [-0.1, -0.05) is 23.7 Å². The third-order valence-corrected chi connectivity index (χ3v) is 3.97. The van der Waals surface area contributed by atoms with Crippen LogP contribution in [0, 0.1) is 0 Å². The van der Waals surface area contributed by atoms with Crippen LogP contribution in [-0.2, 0) is 11.2 Å². The lowest BCUT2D eigenvalue weighted by atomic mass is 10.1. The Bertz CT molecular complexity index is 780. The van der Waals surface area contributed by atoms with Crippen molar-refractivity contribution in [2.24, 2.45) is 0 Å². The molecule has 7 heteroatoms. The van der Waals surface area contributed by atoms with Crippen molar-refractivity contribution >= 4 is 29.2 Å². The molecule has 0 fully saturated rings. The highest BCUT2D eigenvalue weighted by Crippen LogP contribution is 2.27. The molecule has 26 heavy (non-hydrogen) atoms. The zero-order valence-electron chi connectivity index (χ0n) is 14.4. The largest absolute Gasteiger partial charge is 0.495 e. The van der Waals surface area contributed by atoms with Crippen molar-refractivity contribution in [1.29, 1.82) is 0 Å². The van der Waals surface area contributed by atoms with Crippen molar-refractivity contribution in [2.75, 3.05) is 25.5 Å². The first kappa shape index (κ1) is 19.6. The molecule has 2 rings (SSSR count). The molecule has 0 radical (unpaired) electrons. The second-order valence-corrected chi connectivity index (χ2v) is 6.06. The summed E-state index contributed by atoms with van der Waals surface area (Å²) in [5.74, 6) is -0.389. The summed E-state index contributed by atoms with van der Waals surface area (Å²) in [5.41, 5.74) is 1.85. The van der Waals surface area contributed by atoms with Crippen molar-refractivity contribution in [3.8, 4) is 5.75 Å². The molecule has 0 bridgehead atoms. The van der Waals surface area contributed by atoms with E-state index in [-0.39, 0.29) is 11.5 Å². The fourth-order valence-corrected chi connectivity index (χ4v) is 2.60. The molecule has 3 N–H and O–H groups in total. The zero-order chi connectivity index (χ0) is 18.9. The number of halogens is 1. The predicted octanol–water partition coefficient (Wildman–Crippen LogP) is 3.21. The van der Waals surface area contributed by atoms with Crippen LogP contribution in [0.2, 0.25) is 5.02 Å². The minimum absolute atomic E-state index is 0.0899. The van der Waals surface area contributed by atoms with Gasteiger partial charge in [-0.2, -0.15) is 0 Å². The van der Waals surface area contributed by atoms with E-state index in [2.05, 4.69) is 10.6 Å². The number of carboxylic acid groups (broad SMARTS) is 1. The van der Waals surface area contributed by atoms with Crippen molar-refractivity contribution in [3.05, 3.63) is 58.6 Å². The predicted molar refractivity (Wildman–Crippen MR) is 101 cm³/mol. The molecule has 6 nitrogen and oxygen atoms in total. The molecule has 0 atom stereocenters. The summed E-state index contributed by atoms with van der Waals surface area (Å²) in [6.45, 7) is 0.888. The Morgan fingerprint density at radius 2 is 1.96 bits per heavy atom. The fraction of sp³-hybridized carbons (Fsp3) is 0.263. The van der Waals surface area contributed by atoms with Gasteiger partial charge in [-0.25, -0.2) is 4.79 Å². The van der Waals surface area contributed by atoms with Gasteiger partial charge in [0.25, 0.3) is 0 Å². The van der Waals surface area contributed by atoms with Crippen LogP contribution in [-0.4, -0.2) is 37.2 Å². The second-order valence-electron chi connectivity index (χ2n) is 5.63. The molecule has 0 heterocycles. The third-order valence-electron chi connectivity index (χ3n) is 3.74. The highest BCUT2D eigenvalue weighted by atomic mass is 35.5. The number of amides is 1. The number of methoxy groups -OCH3 is 1. The van der Waals surface area contributed by atoms with Gasteiger partial charge in [0, 0.05) is 24.5 Å². The summed E-state index contributed by atoms with van der Waals surface area (Å²) in [6.07, 6.45) is 0.868. The highest BCUT2D eigenvalue weighted by Gasteiger charge is 2.06. The van der Waals surface area contributed by atoms with Crippen molar-refractivity contribution in [3.63, 3.8) is 0 Å². The van der Waals surface area contributed by atoms with E-state index in [0.717, 1.165) is 11.3 Å². The van der Waals surface area contributed by atoms with Gasteiger partial charge >= 0.3 is 5.97 Å². The topological polar surface area (TPSA) is 87.7 Å². The molecule has 0 saturated carbocycles. The van der Waals surface area contributed by atoms with E-state index in [9.17, 15) is 9.59 Å². The Kier molecular flexibility index (Phi) is 7.29. The molecule has 2 aromatic rings. The lowest BCUT2D eigenvalue weighted by Gasteiger charge is -2.11. The van der Waals surface area contributed by atoms with Crippen LogP contribution in [0.15, 0.2) is 42.5 Å². The van der Waals surface area contributed by atoms with E-state index in [4.69, 9.17) is 21.4 Å². The lowest BCUT2D eigenvalue weighted by molar-refractivity contribution is -0.120. The SMILES string of the molecule is COc1ccc(Cl)cc1NCCC(=O)NCCc1cccc(C(=O)O)c1. The Morgan fingerprint density at radius 1 is 1.15 bits per heavy atom. The molecule has 0 unspecified atom stereocenters. The number of ether oxygens (including phenoxy) is 1. The average molecular weight is 377 g/mol. The van der Waals surface area contributed by atoms with Crippen LogP contribution >= 0.6 is 11.6 Å². The van der Waals surface area contributed by atoms with E-state index in [1.165, 1.54) is 0 Å². The fourth-order valence-electron chi connectivity index (χ4n) is 2.42. The maximum atomic E-state index is 11.9. The lowest BCUT2D eigenvalue weighted by Crippen LogP contribution is -2.27. The average Bonchev–Trinajstić information content (AvgIpc) is 2.62. The number of anilines is 1. The molecule has 0 saturated heterocycles. The Hall–Kier alpha value is -2.73. The number of benzene rings is 2. The first-order valence-electron chi connectivity index (χ1n) is 8.16. The number of aromatic carboxylic acids is 1. The number of carboxylic acids is 1. The van der Waals surface area contributed by atoms with Crippen LogP contribution in [0.25, 0.3) is 0 Å². The van der Waals surface area contributed by atoms with E-state index >= 15 is 0 Å². The van der Waals surface area contributed by atoms with Crippen LogP contribution < -0.4 is 15.4 Å². The molecule has 138 valence electrons. The molecule has 0 aromatic heterocycles. The van der Waals surface area contributed by atoms with Crippen molar-refractivity contribution in [1.82, 2.24) is 5.32 Å².